The van der Waals surface area contributed by atoms with Crippen molar-refractivity contribution in [2.75, 3.05) is 0 Å². The van der Waals surface area contributed by atoms with Crippen LogP contribution in [0.2, 0.25) is 0 Å². The van der Waals surface area contributed by atoms with Crippen molar-refractivity contribution in [3.63, 3.8) is 0 Å². The van der Waals surface area contributed by atoms with E-state index in [0.29, 0.717) is 0 Å². The van der Waals surface area contributed by atoms with E-state index >= 15 is 0 Å². The molecular weight excluding hydrogens is 258 g/mol. The van der Waals surface area contributed by atoms with Gasteiger partial charge in [-0.25, -0.2) is 0 Å². The van der Waals surface area contributed by atoms with Crippen molar-refractivity contribution in [3.8, 4) is 5.75 Å². The molecule has 2 N–H and O–H groups in total. The number of hydrogen-bond acceptors (Lipinski definition) is 4. The van der Waals surface area contributed by atoms with Crippen LogP contribution in [0.1, 0.15) is 18.2 Å². The Bertz CT molecular complexity index is 631. The summed E-state index contributed by atoms with van der Waals surface area (Å²) in [5.41, 5.74) is 0. The Labute approximate surface area is 104 Å². The van der Waals surface area contributed by atoms with Gasteiger partial charge in [-0.15, -0.1) is 11.3 Å². The Hall–Kier alpha value is -1.11. The fourth-order valence-electron chi connectivity index (χ4n) is 1.62. The average molecular weight is 271 g/mol. The Kier molecular flexibility index (Phi) is 3.37. The van der Waals surface area contributed by atoms with Gasteiger partial charge in [-0.2, -0.15) is 13.6 Å². The van der Waals surface area contributed by atoms with Crippen molar-refractivity contribution in [2.24, 2.45) is 5.14 Å². The molecule has 0 aliphatic rings. The standard InChI is InChI=1S/C11H13NO3S2/c1-2-3-10-6-8-4-5-9(7-11(8)16-10)15-17(12,13)14/h4-7H,2-3H2,1H3,(H2,12,13,14). The number of aryl methyl sites for hydroxylation is 1. The molecule has 17 heavy (non-hydrogen) atoms. The van der Waals surface area contributed by atoms with Gasteiger partial charge in [0, 0.05) is 9.58 Å². The van der Waals surface area contributed by atoms with Crippen LogP contribution in [0.3, 0.4) is 0 Å². The predicted octanol–water partition coefficient (Wildman–Crippen LogP) is 2.44. The normalized spacial score (nSPS) is 11.9. The van der Waals surface area contributed by atoms with Gasteiger partial charge in [-0.1, -0.05) is 13.3 Å². The molecule has 0 aliphatic heterocycles. The fourth-order valence-corrected chi connectivity index (χ4v) is 3.19. The van der Waals surface area contributed by atoms with Crippen molar-refractivity contribution < 1.29 is 12.6 Å². The maximum atomic E-state index is 10.8. The van der Waals surface area contributed by atoms with E-state index in [9.17, 15) is 8.42 Å². The SMILES string of the molecule is CCCc1cc2ccc(OS(N)(=O)=O)cc2s1. The molecule has 0 fully saturated rings. The fraction of sp³-hybridized carbons (Fsp3) is 0.273. The zero-order valence-corrected chi connectivity index (χ0v) is 11.0. The maximum absolute atomic E-state index is 10.8. The first-order valence-electron chi connectivity index (χ1n) is 5.22. The molecule has 1 heterocycles. The van der Waals surface area contributed by atoms with E-state index in [1.165, 1.54) is 4.88 Å². The monoisotopic (exact) mass is 271 g/mol. The smallest absolute Gasteiger partial charge is 0.371 e. The second-order valence-corrected chi connectivity index (χ2v) is 6.06. The molecule has 0 atom stereocenters. The first-order valence-corrected chi connectivity index (χ1v) is 7.51. The van der Waals surface area contributed by atoms with Gasteiger partial charge in [0.2, 0.25) is 0 Å². The number of thiophene rings is 1. The predicted molar refractivity (Wildman–Crippen MR) is 69.6 cm³/mol. The van der Waals surface area contributed by atoms with E-state index in [0.717, 1.165) is 22.9 Å². The number of nitrogens with two attached hydrogens (primary N) is 1. The van der Waals surface area contributed by atoms with E-state index in [2.05, 4.69) is 17.2 Å². The van der Waals surface area contributed by atoms with Crippen molar-refractivity contribution in [1.29, 1.82) is 0 Å². The molecule has 0 spiro atoms. The van der Waals surface area contributed by atoms with Crippen molar-refractivity contribution in [2.45, 2.75) is 19.8 Å². The van der Waals surface area contributed by atoms with E-state index in [-0.39, 0.29) is 5.75 Å². The topological polar surface area (TPSA) is 69.4 Å². The summed E-state index contributed by atoms with van der Waals surface area (Å²) in [7, 11) is -3.94. The summed E-state index contributed by atoms with van der Waals surface area (Å²) in [6.07, 6.45) is 2.12. The zero-order valence-electron chi connectivity index (χ0n) is 9.34. The van der Waals surface area contributed by atoms with Crippen LogP contribution in [0, 0.1) is 0 Å². The molecule has 0 amide bonds. The van der Waals surface area contributed by atoms with Gasteiger partial charge in [0.05, 0.1) is 0 Å². The van der Waals surface area contributed by atoms with Gasteiger partial charge in [-0.05, 0) is 36.1 Å². The number of benzene rings is 1. The number of hydrogen-bond donors (Lipinski definition) is 1. The minimum atomic E-state index is -3.94. The summed E-state index contributed by atoms with van der Waals surface area (Å²) >= 11 is 1.65. The second-order valence-electron chi connectivity index (χ2n) is 3.74. The van der Waals surface area contributed by atoms with Crippen LogP contribution in [0.5, 0.6) is 5.75 Å². The zero-order chi connectivity index (χ0) is 12.5. The van der Waals surface area contributed by atoms with Gasteiger partial charge < -0.3 is 4.18 Å². The molecule has 0 bridgehead atoms. The summed E-state index contributed by atoms with van der Waals surface area (Å²) in [4.78, 5) is 1.29. The highest BCUT2D eigenvalue weighted by Gasteiger charge is 2.07. The molecule has 0 saturated carbocycles. The highest BCUT2D eigenvalue weighted by Crippen LogP contribution is 2.30. The highest BCUT2D eigenvalue weighted by molar-refractivity contribution is 7.84. The van der Waals surface area contributed by atoms with Crippen LogP contribution in [-0.2, 0) is 16.7 Å². The van der Waals surface area contributed by atoms with Crippen LogP contribution in [0.15, 0.2) is 24.3 Å². The second kappa shape index (κ2) is 4.64. The van der Waals surface area contributed by atoms with E-state index in [4.69, 9.17) is 5.14 Å². The lowest BCUT2D eigenvalue weighted by molar-refractivity contribution is 0.488. The van der Waals surface area contributed by atoms with Crippen molar-refractivity contribution in [1.82, 2.24) is 0 Å². The molecular formula is C11H13NO3S2. The summed E-state index contributed by atoms with van der Waals surface area (Å²) in [6.45, 7) is 2.12. The van der Waals surface area contributed by atoms with Gasteiger partial charge in [0.15, 0.2) is 0 Å². The Morgan fingerprint density at radius 2 is 2.12 bits per heavy atom. The molecule has 1 aromatic heterocycles. The molecule has 4 nitrogen and oxygen atoms in total. The summed E-state index contributed by atoms with van der Waals surface area (Å²) in [5.74, 6) is 0.255. The molecule has 1 aromatic carbocycles. The molecule has 0 aliphatic carbocycles. The van der Waals surface area contributed by atoms with Gasteiger partial charge in [-0.3, -0.25) is 0 Å². The molecule has 0 unspecified atom stereocenters. The lowest BCUT2D eigenvalue weighted by Gasteiger charge is -2.01. The molecule has 6 heteroatoms. The first-order chi connectivity index (χ1) is 7.98. The van der Waals surface area contributed by atoms with Gasteiger partial charge in [0.1, 0.15) is 5.75 Å². The third kappa shape index (κ3) is 3.18. The van der Waals surface area contributed by atoms with Crippen LogP contribution >= 0.6 is 11.3 Å². The largest absolute Gasteiger partial charge is 0.380 e. The van der Waals surface area contributed by atoms with Crippen LogP contribution in [0.4, 0.5) is 0 Å². The molecule has 2 aromatic rings. The van der Waals surface area contributed by atoms with E-state index in [1.807, 2.05) is 6.07 Å². The molecule has 0 saturated heterocycles. The van der Waals surface area contributed by atoms with Crippen molar-refractivity contribution in [3.05, 3.63) is 29.1 Å². The Morgan fingerprint density at radius 1 is 1.35 bits per heavy atom. The van der Waals surface area contributed by atoms with E-state index in [1.54, 1.807) is 23.5 Å². The van der Waals surface area contributed by atoms with Crippen LogP contribution in [-0.4, -0.2) is 8.42 Å². The third-order valence-electron chi connectivity index (χ3n) is 2.25. The van der Waals surface area contributed by atoms with Gasteiger partial charge in [0.25, 0.3) is 0 Å². The Balaban J connectivity index is 2.36. The molecule has 92 valence electrons. The minimum absolute atomic E-state index is 0.255. The van der Waals surface area contributed by atoms with Gasteiger partial charge >= 0.3 is 10.3 Å². The third-order valence-corrected chi connectivity index (χ3v) is 3.83. The highest BCUT2D eigenvalue weighted by atomic mass is 32.2. The maximum Gasteiger partial charge on any atom is 0.380 e. The molecule has 2 rings (SSSR count). The van der Waals surface area contributed by atoms with Crippen LogP contribution < -0.4 is 9.32 Å². The number of rotatable bonds is 4. The molecule has 0 radical (unpaired) electrons. The Morgan fingerprint density at radius 3 is 2.76 bits per heavy atom. The lowest BCUT2D eigenvalue weighted by Crippen LogP contribution is -2.18. The minimum Gasteiger partial charge on any atom is -0.371 e. The van der Waals surface area contributed by atoms with Crippen LogP contribution in [0.25, 0.3) is 10.1 Å². The summed E-state index contributed by atoms with van der Waals surface area (Å²) in [6, 6.07) is 7.26. The summed E-state index contributed by atoms with van der Waals surface area (Å²) in [5, 5.41) is 5.92. The lowest BCUT2D eigenvalue weighted by atomic mass is 10.2. The quantitative estimate of drug-likeness (QED) is 0.928. The number of fused-ring (bicyclic) bond motifs is 1. The first kappa shape index (κ1) is 12.3. The van der Waals surface area contributed by atoms with Crippen molar-refractivity contribution >= 4 is 31.7 Å². The van der Waals surface area contributed by atoms with E-state index < -0.39 is 10.3 Å². The average Bonchev–Trinajstić information content (AvgIpc) is 2.57. The summed E-state index contributed by atoms with van der Waals surface area (Å²) < 4.78 is 27.3.